The van der Waals surface area contributed by atoms with Crippen LogP contribution in [0.15, 0.2) is 18.2 Å². The molecule has 2 N–H and O–H groups in total. The Labute approximate surface area is 103 Å². The second kappa shape index (κ2) is 5.54. The molecular formula is C11H12ClNO4. The first-order chi connectivity index (χ1) is 7.95. The zero-order chi connectivity index (χ0) is 13.0. The molecule has 1 unspecified atom stereocenters. The number of anilines is 1. The van der Waals surface area contributed by atoms with Gasteiger partial charge in [0.05, 0.1) is 23.4 Å². The molecule has 0 fully saturated rings. The van der Waals surface area contributed by atoms with Crippen molar-refractivity contribution in [1.29, 1.82) is 0 Å². The highest BCUT2D eigenvalue weighted by molar-refractivity contribution is 6.33. The van der Waals surface area contributed by atoms with Gasteiger partial charge >= 0.3 is 11.9 Å². The van der Waals surface area contributed by atoms with E-state index < -0.39 is 18.0 Å². The monoisotopic (exact) mass is 257 g/mol. The molecule has 0 aromatic heterocycles. The van der Waals surface area contributed by atoms with Crippen molar-refractivity contribution < 1.29 is 19.1 Å². The second-order valence-electron chi connectivity index (χ2n) is 3.31. The molecule has 0 saturated carbocycles. The first-order valence-corrected chi connectivity index (χ1v) is 5.17. The van der Waals surface area contributed by atoms with E-state index in [0.29, 0.717) is 5.69 Å². The molecule has 0 radical (unpaired) electrons. The summed E-state index contributed by atoms with van der Waals surface area (Å²) < 4.78 is 9.30. The van der Waals surface area contributed by atoms with E-state index in [4.69, 9.17) is 22.1 Å². The van der Waals surface area contributed by atoms with Crippen LogP contribution >= 0.6 is 11.6 Å². The highest BCUT2D eigenvalue weighted by atomic mass is 35.5. The molecular weight excluding hydrogens is 246 g/mol. The van der Waals surface area contributed by atoms with Crippen molar-refractivity contribution >= 4 is 29.2 Å². The van der Waals surface area contributed by atoms with Crippen molar-refractivity contribution in [3.63, 3.8) is 0 Å². The molecule has 0 aliphatic rings. The van der Waals surface area contributed by atoms with E-state index in [1.54, 1.807) is 0 Å². The molecule has 0 amide bonds. The lowest BCUT2D eigenvalue weighted by Crippen LogP contribution is -2.25. The van der Waals surface area contributed by atoms with Crippen LogP contribution in [0, 0.1) is 0 Å². The van der Waals surface area contributed by atoms with E-state index in [9.17, 15) is 9.59 Å². The van der Waals surface area contributed by atoms with E-state index in [2.05, 4.69) is 4.74 Å². The summed E-state index contributed by atoms with van der Waals surface area (Å²) in [5.41, 5.74) is 6.09. The maximum atomic E-state index is 11.6. The van der Waals surface area contributed by atoms with Crippen molar-refractivity contribution in [3.05, 3.63) is 28.8 Å². The summed E-state index contributed by atoms with van der Waals surface area (Å²) in [7, 11) is 1.22. The quantitative estimate of drug-likeness (QED) is 0.658. The number of rotatable bonds is 3. The molecule has 6 heteroatoms. The highest BCUT2D eigenvalue weighted by Crippen LogP contribution is 2.20. The largest absolute Gasteiger partial charge is 0.466 e. The van der Waals surface area contributed by atoms with Gasteiger partial charge in [-0.25, -0.2) is 9.59 Å². The SMILES string of the molecule is COC(=O)C(C)OC(=O)c1ccc(N)c(Cl)c1. The minimum absolute atomic E-state index is 0.222. The number of ether oxygens (including phenoxy) is 2. The number of esters is 2. The Morgan fingerprint density at radius 1 is 1.41 bits per heavy atom. The molecule has 0 bridgehead atoms. The fourth-order valence-electron chi connectivity index (χ4n) is 1.10. The van der Waals surface area contributed by atoms with Crippen molar-refractivity contribution in [1.82, 2.24) is 0 Å². The normalized spacial score (nSPS) is 11.7. The number of halogens is 1. The number of methoxy groups -OCH3 is 1. The summed E-state index contributed by atoms with van der Waals surface area (Å²) in [4.78, 5) is 22.7. The van der Waals surface area contributed by atoms with Crippen molar-refractivity contribution in [2.75, 3.05) is 12.8 Å². The van der Waals surface area contributed by atoms with Gasteiger partial charge in [-0.05, 0) is 25.1 Å². The minimum Gasteiger partial charge on any atom is -0.466 e. The minimum atomic E-state index is -0.969. The van der Waals surface area contributed by atoms with Crippen molar-refractivity contribution in [3.8, 4) is 0 Å². The molecule has 0 aliphatic carbocycles. The summed E-state index contributed by atoms with van der Waals surface area (Å²) in [5, 5.41) is 0.255. The Morgan fingerprint density at radius 3 is 2.59 bits per heavy atom. The highest BCUT2D eigenvalue weighted by Gasteiger charge is 2.19. The fraction of sp³-hybridized carbons (Fsp3) is 0.273. The Bertz CT molecular complexity index is 447. The summed E-state index contributed by atoms with van der Waals surface area (Å²) >= 11 is 5.76. The number of nitrogen functional groups attached to an aromatic ring is 1. The lowest BCUT2D eigenvalue weighted by Gasteiger charge is -2.11. The van der Waals surface area contributed by atoms with Crippen LogP contribution in [0.5, 0.6) is 0 Å². The average molecular weight is 258 g/mol. The summed E-state index contributed by atoms with van der Waals surface area (Å²) in [6.45, 7) is 1.42. The fourth-order valence-corrected chi connectivity index (χ4v) is 1.28. The van der Waals surface area contributed by atoms with Crippen molar-refractivity contribution in [2.45, 2.75) is 13.0 Å². The molecule has 0 aliphatic heterocycles. The van der Waals surface area contributed by atoms with Gasteiger partial charge in [0.1, 0.15) is 0 Å². The average Bonchev–Trinajstić information content (AvgIpc) is 2.31. The number of hydrogen-bond acceptors (Lipinski definition) is 5. The van der Waals surface area contributed by atoms with E-state index in [0.717, 1.165) is 0 Å². The van der Waals surface area contributed by atoms with Gasteiger partial charge in [0.15, 0.2) is 6.10 Å². The van der Waals surface area contributed by atoms with Gasteiger partial charge < -0.3 is 15.2 Å². The number of benzene rings is 1. The predicted octanol–water partition coefficient (Wildman–Crippen LogP) is 1.64. The lowest BCUT2D eigenvalue weighted by atomic mass is 10.2. The van der Waals surface area contributed by atoms with Crippen LogP contribution in [0.3, 0.4) is 0 Å². The topological polar surface area (TPSA) is 78.6 Å². The van der Waals surface area contributed by atoms with Crippen LogP contribution in [0.1, 0.15) is 17.3 Å². The Morgan fingerprint density at radius 2 is 2.06 bits per heavy atom. The molecule has 1 aromatic rings. The third kappa shape index (κ3) is 3.35. The van der Waals surface area contributed by atoms with Gasteiger partial charge in [-0.15, -0.1) is 0 Å². The molecule has 0 spiro atoms. The third-order valence-electron chi connectivity index (χ3n) is 2.05. The maximum Gasteiger partial charge on any atom is 0.346 e. The predicted molar refractivity (Wildman–Crippen MR) is 62.8 cm³/mol. The van der Waals surface area contributed by atoms with Gasteiger partial charge in [0, 0.05) is 0 Å². The van der Waals surface area contributed by atoms with Crippen LogP contribution in [0.4, 0.5) is 5.69 Å². The summed E-state index contributed by atoms with van der Waals surface area (Å²) in [6.07, 6.45) is -0.969. The molecule has 5 nitrogen and oxygen atoms in total. The summed E-state index contributed by atoms with van der Waals surface area (Å²) in [5.74, 6) is -1.29. The number of nitrogens with two attached hydrogens (primary N) is 1. The number of carbonyl (C=O) groups excluding carboxylic acids is 2. The van der Waals surface area contributed by atoms with Crippen LogP contribution in [0.25, 0.3) is 0 Å². The Kier molecular flexibility index (Phi) is 4.34. The lowest BCUT2D eigenvalue weighted by molar-refractivity contribution is -0.149. The number of hydrogen-bond donors (Lipinski definition) is 1. The van der Waals surface area contributed by atoms with Gasteiger partial charge in [0.25, 0.3) is 0 Å². The second-order valence-corrected chi connectivity index (χ2v) is 3.71. The van der Waals surface area contributed by atoms with Crippen LogP contribution in [-0.4, -0.2) is 25.2 Å². The van der Waals surface area contributed by atoms with Gasteiger partial charge in [-0.2, -0.15) is 0 Å². The van der Waals surface area contributed by atoms with Crippen molar-refractivity contribution in [2.24, 2.45) is 0 Å². The van der Waals surface area contributed by atoms with Gasteiger partial charge in [0.2, 0.25) is 0 Å². The molecule has 1 rings (SSSR count). The van der Waals surface area contributed by atoms with E-state index in [-0.39, 0.29) is 10.6 Å². The number of carbonyl (C=O) groups is 2. The zero-order valence-corrected chi connectivity index (χ0v) is 10.2. The molecule has 0 heterocycles. The van der Waals surface area contributed by atoms with Crippen LogP contribution in [0.2, 0.25) is 5.02 Å². The van der Waals surface area contributed by atoms with Crippen LogP contribution < -0.4 is 5.73 Å². The van der Waals surface area contributed by atoms with E-state index >= 15 is 0 Å². The Hall–Kier alpha value is -1.75. The molecule has 1 aromatic carbocycles. The van der Waals surface area contributed by atoms with E-state index in [1.165, 1.54) is 32.2 Å². The Balaban J connectivity index is 2.76. The zero-order valence-electron chi connectivity index (χ0n) is 9.40. The first-order valence-electron chi connectivity index (χ1n) is 4.79. The van der Waals surface area contributed by atoms with Gasteiger partial charge in [-0.1, -0.05) is 11.6 Å². The molecule has 17 heavy (non-hydrogen) atoms. The standard InChI is InChI=1S/C11H12ClNO4/c1-6(10(14)16-2)17-11(15)7-3-4-9(13)8(12)5-7/h3-6H,13H2,1-2H3. The van der Waals surface area contributed by atoms with Gasteiger partial charge in [-0.3, -0.25) is 0 Å². The maximum absolute atomic E-state index is 11.6. The molecule has 1 atom stereocenters. The smallest absolute Gasteiger partial charge is 0.346 e. The van der Waals surface area contributed by atoms with Crippen LogP contribution in [-0.2, 0) is 14.3 Å². The molecule has 92 valence electrons. The van der Waals surface area contributed by atoms with E-state index in [1.807, 2.05) is 0 Å². The first kappa shape index (κ1) is 13.3. The summed E-state index contributed by atoms with van der Waals surface area (Å²) in [6, 6.07) is 4.33. The molecule has 0 saturated heterocycles. The third-order valence-corrected chi connectivity index (χ3v) is 2.38.